The summed E-state index contributed by atoms with van der Waals surface area (Å²) in [5.41, 5.74) is -0.292. The average molecular weight is 170 g/mol. The molecule has 1 rings (SSSR count). The van der Waals surface area contributed by atoms with Gasteiger partial charge in [-0.15, -0.1) is 0 Å². The third-order valence-corrected chi connectivity index (χ3v) is 1.56. The first-order valence-corrected chi connectivity index (χ1v) is 3.34. The van der Waals surface area contributed by atoms with Crippen molar-refractivity contribution in [3.05, 3.63) is 28.2 Å². The van der Waals surface area contributed by atoms with Crippen LogP contribution in [0.2, 0.25) is 0 Å². The van der Waals surface area contributed by atoms with Gasteiger partial charge in [-0.25, -0.2) is 0 Å². The van der Waals surface area contributed by atoms with Crippen molar-refractivity contribution in [2.45, 2.75) is 0 Å². The van der Waals surface area contributed by atoms with Crippen LogP contribution in [0.3, 0.4) is 0 Å². The lowest BCUT2D eigenvalue weighted by Crippen LogP contribution is -2.19. The molecule has 12 heavy (non-hydrogen) atoms. The van der Waals surface area contributed by atoms with Gasteiger partial charge in [0.15, 0.2) is 5.56 Å². The Bertz CT molecular complexity index is 387. The number of hydrogen-bond donors (Lipinski definition) is 0. The number of nitriles is 1. The van der Waals surface area contributed by atoms with E-state index in [1.807, 2.05) is 0 Å². The van der Waals surface area contributed by atoms with Crippen LogP contribution in [0.5, 0.6) is 5.75 Å². The van der Waals surface area contributed by atoms with Crippen molar-refractivity contribution in [3.63, 3.8) is 0 Å². The minimum Gasteiger partial charge on any atom is -0.495 e. The predicted octanol–water partition coefficient (Wildman–Crippen LogP) is 0.266. The van der Waals surface area contributed by atoms with Crippen molar-refractivity contribution in [2.24, 2.45) is 7.05 Å². The summed E-state index contributed by atoms with van der Waals surface area (Å²) in [6.07, 6.45) is 1.56. The molecule has 0 aromatic carbocycles. The van der Waals surface area contributed by atoms with Crippen LogP contribution < -0.4 is 10.3 Å². The number of hydrogen-bond acceptors (Lipinski definition) is 3. The molecule has 0 amide bonds. The Labute approximate surface area is 69.6 Å². The van der Waals surface area contributed by atoms with Crippen LogP contribution in [0.4, 0.5) is 0 Å². The van der Waals surface area contributed by atoms with Gasteiger partial charge in [-0.2, -0.15) is 5.26 Å². The minimum absolute atomic E-state index is 0.0440. The monoisotopic (exact) mass is 170 g/mol. The first-order chi connectivity index (χ1) is 5.70. The third-order valence-electron chi connectivity index (χ3n) is 1.56. The molecule has 1 aromatic heterocycles. The summed E-state index contributed by atoms with van der Waals surface area (Å²) in [6, 6.07) is 3.38. The fourth-order valence-corrected chi connectivity index (χ4v) is 0.885. The molecular formula is C8H8N2O2. The van der Waals surface area contributed by atoms with Crippen molar-refractivity contribution < 1.29 is 4.74 Å². The maximum absolute atomic E-state index is 11.2. The fourth-order valence-electron chi connectivity index (χ4n) is 0.885. The highest BCUT2D eigenvalue weighted by Gasteiger charge is 2.06. The second kappa shape index (κ2) is 3.09. The molecule has 4 heteroatoms. The molecule has 0 unspecified atom stereocenters. The zero-order chi connectivity index (χ0) is 9.14. The third kappa shape index (κ3) is 1.17. The summed E-state index contributed by atoms with van der Waals surface area (Å²) in [7, 11) is 3.01. The Balaban J connectivity index is 3.49. The van der Waals surface area contributed by atoms with Gasteiger partial charge in [-0.3, -0.25) is 4.79 Å². The van der Waals surface area contributed by atoms with Crippen LogP contribution in [-0.2, 0) is 7.05 Å². The number of pyridine rings is 1. The van der Waals surface area contributed by atoms with Gasteiger partial charge in [0.05, 0.1) is 7.11 Å². The smallest absolute Gasteiger partial charge is 0.272 e. The largest absolute Gasteiger partial charge is 0.495 e. The summed E-state index contributed by atoms with van der Waals surface area (Å²) in [6.45, 7) is 0. The van der Waals surface area contributed by atoms with E-state index in [2.05, 4.69) is 0 Å². The molecule has 0 aliphatic heterocycles. The van der Waals surface area contributed by atoms with E-state index in [0.29, 0.717) is 5.75 Å². The maximum atomic E-state index is 11.2. The second-order valence-corrected chi connectivity index (χ2v) is 2.29. The molecule has 0 bridgehead atoms. The molecule has 0 aliphatic rings. The van der Waals surface area contributed by atoms with Crippen molar-refractivity contribution in [3.8, 4) is 11.8 Å². The number of aryl methyl sites for hydroxylation is 1. The Kier molecular flexibility index (Phi) is 2.15. The van der Waals surface area contributed by atoms with Gasteiger partial charge in [0, 0.05) is 13.2 Å². The van der Waals surface area contributed by atoms with Gasteiger partial charge >= 0.3 is 0 Å². The van der Waals surface area contributed by atoms with Crippen LogP contribution in [0.25, 0.3) is 0 Å². The summed E-state index contributed by atoms with van der Waals surface area (Å²) in [5, 5.41) is 8.61. The maximum Gasteiger partial charge on any atom is 0.272 e. The quantitative estimate of drug-likeness (QED) is 0.568. The van der Waals surface area contributed by atoms with E-state index in [-0.39, 0.29) is 11.1 Å². The topological polar surface area (TPSA) is 55.0 Å². The van der Waals surface area contributed by atoms with E-state index in [1.54, 1.807) is 25.4 Å². The van der Waals surface area contributed by atoms with Gasteiger partial charge in [-0.1, -0.05) is 0 Å². The van der Waals surface area contributed by atoms with Crippen molar-refractivity contribution >= 4 is 0 Å². The summed E-state index contributed by atoms with van der Waals surface area (Å²) in [5.74, 6) is 0.320. The minimum atomic E-state index is -0.336. The zero-order valence-corrected chi connectivity index (χ0v) is 6.87. The summed E-state index contributed by atoms with van der Waals surface area (Å²) in [4.78, 5) is 11.2. The first kappa shape index (κ1) is 8.34. The SMILES string of the molecule is CO[13c]1[13cH][13cH]n(C)[13c](=O)[13c]1[13C]#N. The predicted molar refractivity (Wildman–Crippen MR) is 43.0 cm³/mol. The van der Waals surface area contributed by atoms with Gasteiger partial charge in [0.25, 0.3) is 5.56 Å². The zero-order valence-electron chi connectivity index (χ0n) is 6.87. The van der Waals surface area contributed by atoms with Gasteiger partial charge in [0.2, 0.25) is 0 Å². The first-order valence-electron chi connectivity index (χ1n) is 3.34. The molecule has 0 saturated carbocycles. The van der Waals surface area contributed by atoms with Crippen molar-refractivity contribution in [1.82, 2.24) is 4.57 Å². The Morgan fingerprint density at radius 1 is 1.67 bits per heavy atom. The van der Waals surface area contributed by atoms with Crippen molar-refractivity contribution in [1.29, 1.82) is 5.26 Å². The number of rotatable bonds is 1. The van der Waals surface area contributed by atoms with Gasteiger partial charge in [0.1, 0.15) is 11.8 Å². The lowest BCUT2D eigenvalue weighted by Gasteiger charge is -2.02. The van der Waals surface area contributed by atoms with E-state index < -0.39 is 0 Å². The van der Waals surface area contributed by atoms with E-state index in [0.717, 1.165) is 0 Å². The summed E-state index contributed by atoms with van der Waals surface area (Å²) >= 11 is 0. The normalized spacial score (nSPS) is 9.08. The van der Waals surface area contributed by atoms with Crippen LogP contribution in [0.1, 0.15) is 5.56 Å². The second-order valence-electron chi connectivity index (χ2n) is 2.29. The number of nitrogens with zero attached hydrogens (tertiary/aromatic N) is 2. The Morgan fingerprint density at radius 2 is 2.33 bits per heavy atom. The molecule has 4 nitrogen and oxygen atoms in total. The van der Waals surface area contributed by atoms with Gasteiger partial charge < -0.3 is 9.30 Å². The van der Waals surface area contributed by atoms with E-state index in [1.165, 1.54) is 11.7 Å². The van der Waals surface area contributed by atoms with Crippen molar-refractivity contribution in [2.75, 3.05) is 7.11 Å². The molecule has 62 valence electrons. The van der Waals surface area contributed by atoms with Crippen LogP contribution in [0, 0.1) is 11.3 Å². The van der Waals surface area contributed by atoms with Gasteiger partial charge in [-0.05, 0) is 6.07 Å². The Morgan fingerprint density at radius 3 is 2.83 bits per heavy atom. The highest BCUT2D eigenvalue weighted by molar-refractivity contribution is 5.40. The summed E-state index contributed by atoms with van der Waals surface area (Å²) < 4.78 is 6.17. The fraction of sp³-hybridized carbons (Fsp3) is 0.250. The molecule has 1 heterocycles. The lowest BCUT2D eigenvalue weighted by atomic mass is 11.1. The van der Waals surface area contributed by atoms with E-state index >= 15 is 0 Å². The molecule has 0 aliphatic carbocycles. The van der Waals surface area contributed by atoms with Crippen LogP contribution in [0.15, 0.2) is 17.1 Å². The molecule has 0 atom stereocenters. The number of ether oxygens (including phenoxy) is 1. The number of aromatic nitrogens is 1. The molecular weight excluding hydrogens is 162 g/mol. The standard InChI is InChI=1S/C8H8N2O2/c1-10-4-3-7(12-2)6(5-9)8(10)11/h3-4H,1-2H3/i3+1,4+1,5+1,6+1,7+1,8+1. The van der Waals surface area contributed by atoms with Crippen LogP contribution in [-0.4, -0.2) is 11.7 Å². The number of methoxy groups -OCH3 is 1. The lowest BCUT2D eigenvalue weighted by molar-refractivity contribution is 0.411. The van der Waals surface area contributed by atoms with E-state index in [4.69, 9.17) is 10.00 Å². The molecule has 0 spiro atoms. The highest BCUT2D eigenvalue weighted by Crippen LogP contribution is 2.10. The molecule has 1 aromatic rings. The molecule has 0 fully saturated rings. The molecule has 0 radical (unpaired) electrons. The Hall–Kier alpha value is -1.76. The molecule has 0 saturated heterocycles. The average Bonchev–Trinajstić information content (AvgIpc) is 2.09. The highest BCUT2D eigenvalue weighted by atomic mass is 16.5. The molecule has 0 N–H and O–H groups in total. The van der Waals surface area contributed by atoms with E-state index in [9.17, 15) is 4.79 Å². The van der Waals surface area contributed by atoms with Crippen LogP contribution >= 0.6 is 0 Å².